The molecule has 0 saturated heterocycles. The van der Waals surface area contributed by atoms with E-state index in [1.54, 1.807) is 11.3 Å². The van der Waals surface area contributed by atoms with Crippen LogP contribution in [0, 0.1) is 0 Å². The Morgan fingerprint density at radius 3 is 2.16 bits per heavy atom. The zero-order chi connectivity index (χ0) is 17.5. The summed E-state index contributed by atoms with van der Waals surface area (Å²) in [6.07, 6.45) is 3.09. The summed E-state index contributed by atoms with van der Waals surface area (Å²) < 4.78 is 1.95. The van der Waals surface area contributed by atoms with Crippen LogP contribution in [0.4, 0.5) is 27.9 Å². The van der Waals surface area contributed by atoms with Crippen LogP contribution in [-0.4, -0.2) is 6.54 Å². The molecule has 25 heavy (non-hydrogen) atoms. The van der Waals surface area contributed by atoms with E-state index in [4.69, 9.17) is 0 Å². The minimum atomic E-state index is 0.832. The van der Waals surface area contributed by atoms with E-state index in [2.05, 4.69) is 52.1 Å². The molecular weight excluding hydrogens is 330 g/mol. The molecule has 3 aromatic rings. The van der Waals surface area contributed by atoms with Crippen LogP contribution in [0.5, 0.6) is 0 Å². The molecule has 0 spiro atoms. The molecule has 0 aliphatic heterocycles. The van der Waals surface area contributed by atoms with Gasteiger partial charge in [0.2, 0.25) is 0 Å². The lowest BCUT2D eigenvalue weighted by Crippen LogP contribution is -2.23. The summed E-state index contributed by atoms with van der Waals surface area (Å²) in [5, 5.41) is 18.2. The lowest BCUT2D eigenvalue weighted by atomic mass is 10.2. The van der Waals surface area contributed by atoms with E-state index in [-0.39, 0.29) is 0 Å². The molecule has 0 amide bonds. The summed E-state index contributed by atoms with van der Waals surface area (Å²) in [6.45, 7) is 3.15. The number of anilines is 3. The van der Waals surface area contributed by atoms with Crippen molar-refractivity contribution in [3.63, 3.8) is 0 Å². The van der Waals surface area contributed by atoms with E-state index in [0.717, 1.165) is 40.8 Å². The van der Waals surface area contributed by atoms with Gasteiger partial charge in [-0.2, -0.15) is 0 Å². The molecule has 0 radical (unpaired) electrons. The monoisotopic (exact) mass is 352 g/mol. The minimum Gasteiger partial charge on any atom is -0.385 e. The van der Waals surface area contributed by atoms with E-state index in [0.29, 0.717) is 0 Å². The fraction of sp³-hybridized carbons (Fsp3) is 0.211. The first-order chi connectivity index (χ1) is 12.2. The number of hydrogen-bond acceptors (Lipinski definition) is 5. The average molecular weight is 352 g/mol. The van der Waals surface area contributed by atoms with Crippen LogP contribution < -0.4 is 15.2 Å². The predicted octanol–water partition coefficient (Wildman–Crippen LogP) is 5.55. The number of nitrogens with zero attached hydrogens (tertiary/aromatic N) is 3. The van der Waals surface area contributed by atoms with Gasteiger partial charge in [-0.3, -0.25) is 0 Å². The summed E-state index contributed by atoms with van der Waals surface area (Å²) in [7, 11) is 1.96. The standard InChI is InChI=1S/C19H21N5S/c1-3-12-20-15-4-6-16(7-5-15)21-17-8-10-18(11-9-17)22-23-19-24(2)13-14-25-19/h4-11,13-14H,3,12H2,1-2H3,(H,20,22)/p+1. The third-order valence-corrected chi connectivity index (χ3v) is 4.47. The Hall–Kier alpha value is -2.73. The summed E-state index contributed by atoms with van der Waals surface area (Å²) in [6, 6.07) is 16.2. The van der Waals surface area contributed by atoms with E-state index in [1.165, 1.54) is 0 Å². The first-order valence-corrected chi connectivity index (χ1v) is 9.18. The molecule has 0 bridgehead atoms. The number of aryl methyl sites for hydroxylation is 1. The normalized spacial score (nSPS) is 11.0. The van der Waals surface area contributed by atoms with Crippen LogP contribution in [-0.2, 0) is 7.05 Å². The molecule has 1 aromatic heterocycles. The third kappa shape index (κ3) is 4.87. The topological polar surface area (TPSA) is 52.7 Å². The molecule has 0 aliphatic rings. The fourth-order valence-electron chi connectivity index (χ4n) is 2.24. The van der Waals surface area contributed by atoms with Crippen molar-refractivity contribution >= 4 is 39.2 Å². The number of hydrogen-bond donors (Lipinski definition) is 2. The quantitative estimate of drug-likeness (QED) is 0.432. The SMILES string of the molecule is CCCNc1ccc(Nc2ccc(N=Nc3scc[n+]3C)cc2)cc1. The van der Waals surface area contributed by atoms with Gasteiger partial charge in [-0.05, 0) is 71.4 Å². The molecule has 0 saturated carbocycles. The van der Waals surface area contributed by atoms with E-state index in [9.17, 15) is 0 Å². The van der Waals surface area contributed by atoms with Gasteiger partial charge in [0.05, 0.1) is 12.2 Å². The molecule has 128 valence electrons. The Morgan fingerprint density at radius 2 is 1.56 bits per heavy atom. The highest BCUT2D eigenvalue weighted by Gasteiger charge is 2.06. The average Bonchev–Trinajstić information content (AvgIpc) is 3.05. The summed E-state index contributed by atoms with van der Waals surface area (Å²) >= 11 is 1.56. The Kier molecular flexibility index (Phi) is 5.74. The predicted molar refractivity (Wildman–Crippen MR) is 105 cm³/mol. The maximum absolute atomic E-state index is 4.28. The van der Waals surface area contributed by atoms with Gasteiger partial charge < -0.3 is 10.6 Å². The van der Waals surface area contributed by atoms with Crippen molar-refractivity contribution in [3.8, 4) is 0 Å². The lowest BCUT2D eigenvalue weighted by molar-refractivity contribution is -0.654. The van der Waals surface area contributed by atoms with Crippen LogP contribution in [0.25, 0.3) is 0 Å². The highest BCUT2D eigenvalue weighted by molar-refractivity contribution is 7.12. The number of aromatic nitrogens is 1. The zero-order valence-corrected chi connectivity index (χ0v) is 15.3. The van der Waals surface area contributed by atoms with Gasteiger partial charge in [-0.1, -0.05) is 6.92 Å². The second-order valence-corrected chi connectivity index (χ2v) is 6.55. The molecule has 0 aliphatic carbocycles. The maximum atomic E-state index is 4.28. The Morgan fingerprint density at radius 1 is 0.920 bits per heavy atom. The van der Waals surface area contributed by atoms with Gasteiger partial charge in [-0.25, -0.2) is 4.57 Å². The van der Waals surface area contributed by atoms with Crippen LogP contribution in [0.2, 0.25) is 0 Å². The highest BCUT2D eigenvalue weighted by Crippen LogP contribution is 2.23. The number of azo groups is 1. The van der Waals surface area contributed by atoms with E-state index >= 15 is 0 Å². The largest absolute Gasteiger partial charge is 0.408 e. The third-order valence-electron chi connectivity index (χ3n) is 3.63. The van der Waals surface area contributed by atoms with Crippen molar-refractivity contribution in [2.75, 3.05) is 17.2 Å². The van der Waals surface area contributed by atoms with Gasteiger partial charge >= 0.3 is 5.13 Å². The minimum absolute atomic E-state index is 0.832. The van der Waals surface area contributed by atoms with Crippen molar-refractivity contribution < 1.29 is 4.57 Å². The van der Waals surface area contributed by atoms with Gasteiger partial charge in [0, 0.05) is 29.0 Å². The highest BCUT2D eigenvalue weighted by atomic mass is 32.1. The van der Waals surface area contributed by atoms with Gasteiger partial charge in [0.1, 0.15) is 11.9 Å². The van der Waals surface area contributed by atoms with Gasteiger partial charge in [-0.15, -0.1) is 0 Å². The van der Waals surface area contributed by atoms with Crippen molar-refractivity contribution in [2.24, 2.45) is 17.3 Å². The van der Waals surface area contributed by atoms with Crippen molar-refractivity contribution in [3.05, 3.63) is 60.1 Å². The molecule has 2 aromatic carbocycles. The van der Waals surface area contributed by atoms with Crippen LogP contribution >= 0.6 is 11.3 Å². The molecule has 1 heterocycles. The lowest BCUT2D eigenvalue weighted by Gasteiger charge is -2.08. The van der Waals surface area contributed by atoms with Crippen LogP contribution in [0.3, 0.4) is 0 Å². The first-order valence-electron chi connectivity index (χ1n) is 8.30. The maximum Gasteiger partial charge on any atom is 0.408 e. The van der Waals surface area contributed by atoms with E-state index in [1.807, 2.05) is 47.5 Å². The molecule has 0 atom stereocenters. The summed E-state index contributed by atoms with van der Waals surface area (Å²) in [5.41, 5.74) is 4.06. The summed E-state index contributed by atoms with van der Waals surface area (Å²) in [4.78, 5) is 0. The Labute approximate surface area is 152 Å². The fourth-order valence-corrected chi connectivity index (χ4v) is 2.92. The smallest absolute Gasteiger partial charge is 0.385 e. The molecule has 3 rings (SSSR count). The zero-order valence-electron chi connectivity index (χ0n) is 14.4. The van der Waals surface area contributed by atoms with Gasteiger partial charge in [0.25, 0.3) is 0 Å². The number of nitrogens with one attached hydrogen (secondary N) is 2. The Balaban J connectivity index is 1.60. The number of benzene rings is 2. The summed E-state index contributed by atoms with van der Waals surface area (Å²) in [5.74, 6) is 0. The first kappa shape index (κ1) is 17.1. The van der Waals surface area contributed by atoms with E-state index < -0.39 is 0 Å². The van der Waals surface area contributed by atoms with Crippen molar-refractivity contribution in [1.29, 1.82) is 0 Å². The van der Waals surface area contributed by atoms with Crippen molar-refractivity contribution in [2.45, 2.75) is 13.3 Å². The molecule has 6 heteroatoms. The second-order valence-electron chi connectivity index (χ2n) is 5.67. The molecular formula is C19H22N5S+. The second kappa shape index (κ2) is 8.39. The van der Waals surface area contributed by atoms with Crippen LogP contribution in [0.1, 0.15) is 13.3 Å². The van der Waals surface area contributed by atoms with Crippen LogP contribution in [0.15, 0.2) is 70.3 Å². The van der Waals surface area contributed by atoms with Crippen molar-refractivity contribution in [1.82, 2.24) is 0 Å². The Bertz CT molecular complexity index is 822. The number of rotatable bonds is 7. The number of thiazole rings is 1. The molecule has 5 nitrogen and oxygen atoms in total. The molecule has 2 N–H and O–H groups in total. The molecule has 0 unspecified atom stereocenters. The molecule has 0 fully saturated rings. The van der Waals surface area contributed by atoms with Gasteiger partial charge in [0.15, 0.2) is 0 Å².